The van der Waals surface area contributed by atoms with Gasteiger partial charge in [0, 0.05) is 0 Å². The first-order valence-corrected chi connectivity index (χ1v) is 5.74. The molecule has 4 heteroatoms. The molecule has 1 N–H and O–H groups in total. The van der Waals surface area contributed by atoms with E-state index in [1.807, 2.05) is 6.92 Å². The number of carbonyl (C=O) groups is 1. The van der Waals surface area contributed by atoms with E-state index in [0.717, 1.165) is 12.8 Å². The quantitative estimate of drug-likeness (QED) is 0.678. The first kappa shape index (κ1) is 10.4. The van der Waals surface area contributed by atoms with Gasteiger partial charge in [0.1, 0.15) is 11.0 Å². The summed E-state index contributed by atoms with van der Waals surface area (Å²) in [5, 5.41) is 0.200. The summed E-state index contributed by atoms with van der Waals surface area (Å²) < 4.78 is 13.8. The fourth-order valence-electron chi connectivity index (χ4n) is 0.999. The molecule has 1 saturated carbocycles. The molecule has 1 aliphatic rings. The maximum atomic E-state index is 11.4. The van der Waals surface area contributed by atoms with E-state index < -0.39 is 11.0 Å². The van der Waals surface area contributed by atoms with Crippen LogP contribution < -0.4 is 4.72 Å². The number of nitrogens with one attached hydrogen (secondary N) is 1. The van der Waals surface area contributed by atoms with Crippen LogP contribution in [0.25, 0.3) is 0 Å². The van der Waals surface area contributed by atoms with Gasteiger partial charge in [0.15, 0.2) is 0 Å². The van der Waals surface area contributed by atoms with Gasteiger partial charge in [0.25, 0.3) is 0 Å². The van der Waals surface area contributed by atoms with Crippen LogP contribution in [0.2, 0.25) is 0 Å². The summed E-state index contributed by atoms with van der Waals surface area (Å²) in [7, 11) is -1.16. The predicted octanol–water partition coefficient (Wildman–Crippen LogP) is 1.14. The van der Waals surface area contributed by atoms with Gasteiger partial charge in [-0.2, -0.15) is 0 Å². The highest BCUT2D eigenvalue weighted by atomic mass is 32.2. The zero-order valence-electron chi connectivity index (χ0n) is 7.79. The molecule has 2 atom stereocenters. The van der Waals surface area contributed by atoms with Crippen molar-refractivity contribution < 1.29 is 9.00 Å². The Kier molecular flexibility index (Phi) is 3.66. The third kappa shape index (κ3) is 2.95. The Bertz CT molecular complexity index is 236. The molecule has 0 saturated heterocycles. The molecule has 1 aliphatic carbocycles. The van der Waals surface area contributed by atoms with E-state index in [4.69, 9.17) is 0 Å². The maximum absolute atomic E-state index is 11.4. The van der Waals surface area contributed by atoms with Crippen LogP contribution in [-0.4, -0.2) is 15.4 Å². The lowest BCUT2D eigenvalue weighted by Gasteiger charge is -2.09. The molecule has 13 heavy (non-hydrogen) atoms. The van der Waals surface area contributed by atoms with Gasteiger partial charge in [-0.05, 0) is 19.3 Å². The molecule has 1 rings (SSSR count). The van der Waals surface area contributed by atoms with Crippen molar-refractivity contribution in [2.45, 2.75) is 31.4 Å². The molecular weight excluding hydrogens is 186 g/mol. The number of rotatable bonds is 5. The van der Waals surface area contributed by atoms with Crippen molar-refractivity contribution in [3.8, 4) is 0 Å². The van der Waals surface area contributed by atoms with E-state index in [0.29, 0.717) is 6.42 Å². The van der Waals surface area contributed by atoms with Crippen molar-refractivity contribution in [3.05, 3.63) is 12.7 Å². The molecule has 0 spiro atoms. The molecule has 3 nitrogen and oxygen atoms in total. The number of hydrogen-bond acceptors (Lipinski definition) is 2. The predicted molar refractivity (Wildman–Crippen MR) is 53.3 cm³/mol. The molecule has 1 amide bonds. The largest absolute Gasteiger partial charge is 0.274 e. The SMILES string of the molecule is C=CC(CC)C(=O)NS(=O)C1CC1. The molecule has 1 fully saturated rings. The van der Waals surface area contributed by atoms with Crippen LogP contribution in [0.3, 0.4) is 0 Å². The van der Waals surface area contributed by atoms with Gasteiger partial charge in [0.2, 0.25) is 5.91 Å². The van der Waals surface area contributed by atoms with E-state index in [1.54, 1.807) is 6.08 Å². The monoisotopic (exact) mass is 201 g/mol. The Morgan fingerprint density at radius 1 is 1.77 bits per heavy atom. The minimum absolute atomic E-state index is 0.164. The summed E-state index contributed by atoms with van der Waals surface area (Å²) in [4.78, 5) is 11.4. The fourth-order valence-corrected chi connectivity index (χ4v) is 2.08. The molecule has 74 valence electrons. The van der Waals surface area contributed by atoms with E-state index in [9.17, 15) is 9.00 Å². The lowest BCUT2D eigenvalue weighted by atomic mass is 10.1. The topological polar surface area (TPSA) is 46.2 Å². The third-order valence-corrected chi connectivity index (χ3v) is 3.57. The van der Waals surface area contributed by atoms with Crippen LogP contribution >= 0.6 is 0 Å². The van der Waals surface area contributed by atoms with Gasteiger partial charge < -0.3 is 0 Å². The fraction of sp³-hybridized carbons (Fsp3) is 0.667. The molecule has 0 radical (unpaired) electrons. The van der Waals surface area contributed by atoms with Crippen molar-refractivity contribution >= 4 is 16.9 Å². The van der Waals surface area contributed by atoms with Crippen molar-refractivity contribution in [2.75, 3.05) is 0 Å². The zero-order valence-corrected chi connectivity index (χ0v) is 8.60. The highest BCUT2D eigenvalue weighted by Gasteiger charge is 2.30. The van der Waals surface area contributed by atoms with E-state index in [1.165, 1.54) is 0 Å². The van der Waals surface area contributed by atoms with Crippen LogP contribution in [0, 0.1) is 5.92 Å². The summed E-state index contributed by atoms with van der Waals surface area (Å²) in [6, 6.07) is 0. The Morgan fingerprint density at radius 3 is 2.77 bits per heavy atom. The van der Waals surface area contributed by atoms with E-state index in [-0.39, 0.29) is 17.1 Å². The summed E-state index contributed by atoms with van der Waals surface area (Å²) in [6.45, 7) is 5.47. The summed E-state index contributed by atoms with van der Waals surface area (Å²) in [6.07, 6.45) is 4.24. The first-order chi connectivity index (χ1) is 6.19. The molecule has 0 heterocycles. The van der Waals surface area contributed by atoms with Crippen molar-refractivity contribution in [3.63, 3.8) is 0 Å². The zero-order chi connectivity index (χ0) is 9.84. The molecule has 2 unspecified atom stereocenters. The highest BCUT2D eigenvalue weighted by Crippen LogP contribution is 2.25. The number of hydrogen-bond donors (Lipinski definition) is 1. The van der Waals surface area contributed by atoms with Gasteiger partial charge >= 0.3 is 0 Å². The number of amides is 1. The van der Waals surface area contributed by atoms with Crippen molar-refractivity contribution in [1.29, 1.82) is 0 Å². The summed E-state index contributed by atoms with van der Waals surface area (Å²) in [5.41, 5.74) is 0. The summed E-state index contributed by atoms with van der Waals surface area (Å²) in [5.74, 6) is -0.370. The summed E-state index contributed by atoms with van der Waals surface area (Å²) >= 11 is 0. The van der Waals surface area contributed by atoms with Crippen LogP contribution in [-0.2, 0) is 15.8 Å². The Morgan fingerprint density at radius 2 is 2.38 bits per heavy atom. The lowest BCUT2D eigenvalue weighted by Crippen LogP contribution is -2.32. The second kappa shape index (κ2) is 4.56. The van der Waals surface area contributed by atoms with Crippen LogP contribution in [0.4, 0.5) is 0 Å². The molecule has 0 bridgehead atoms. The average molecular weight is 201 g/mol. The molecule has 0 aliphatic heterocycles. The third-order valence-electron chi connectivity index (χ3n) is 2.09. The van der Waals surface area contributed by atoms with Gasteiger partial charge in [-0.25, -0.2) is 4.21 Å². The first-order valence-electron chi connectivity index (χ1n) is 4.52. The van der Waals surface area contributed by atoms with Gasteiger partial charge in [-0.15, -0.1) is 6.58 Å². The Hall–Kier alpha value is -0.640. The molecular formula is C9H15NO2S. The average Bonchev–Trinajstić information content (AvgIpc) is 2.88. The van der Waals surface area contributed by atoms with Crippen LogP contribution in [0.15, 0.2) is 12.7 Å². The smallest absolute Gasteiger partial charge is 0.238 e. The highest BCUT2D eigenvalue weighted by molar-refractivity contribution is 7.84. The van der Waals surface area contributed by atoms with Gasteiger partial charge in [0.05, 0.1) is 11.2 Å². The van der Waals surface area contributed by atoms with Crippen LogP contribution in [0.1, 0.15) is 26.2 Å². The van der Waals surface area contributed by atoms with Crippen molar-refractivity contribution in [2.24, 2.45) is 5.92 Å². The second-order valence-corrected chi connectivity index (χ2v) is 4.68. The standard InChI is InChI=1S/C9H15NO2S/c1-3-7(4-2)9(11)10-13(12)8-5-6-8/h3,7-8H,1,4-6H2,2H3,(H,10,11). The van der Waals surface area contributed by atoms with E-state index in [2.05, 4.69) is 11.3 Å². The van der Waals surface area contributed by atoms with Crippen molar-refractivity contribution in [1.82, 2.24) is 4.72 Å². The van der Waals surface area contributed by atoms with Gasteiger partial charge in [-0.3, -0.25) is 9.52 Å². The lowest BCUT2D eigenvalue weighted by molar-refractivity contribution is -0.121. The molecule has 0 aromatic heterocycles. The minimum Gasteiger partial charge on any atom is -0.274 e. The maximum Gasteiger partial charge on any atom is 0.238 e. The minimum atomic E-state index is -1.16. The Balaban J connectivity index is 2.38. The number of carbonyl (C=O) groups excluding carboxylic acids is 1. The second-order valence-electron chi connectivity index (χ2n) is 3.21. The van der Waals surface area contributed by atoms with E-state index >= 15 is 0 Å². The van der Waals surface area contributed by atoms with Gasteiger partial charge in [-0.1, -0.05) is 13.0 Å². The molecule has 0 aromatic rings. The van der Waals surface area contributed by atoms with Crippen LogP contribution in [0.5, 0.6) is 0 Å². The molecule has 0 aromatic carbocycles. The normalized spacial score (nSPS) is 20.4. The Labute approximate surface area is 81.2 Å².